The first kappa shape index (κ1) is 13.3. The smallest absolute Gasteiger partial charge is 0.230 e. The molecule has 0 aliphatic heterocycles. The summed E-state index contributed by atoms with van der Waals surface area (Å²) in [4.78, 5) is 10.7. The van der Waals surface area contributed by atoms with E-state index in [9.17, 15) is 4.39 Å². The van der Waals surface area contributed by atoms with E-state index in [4.69, 9.17) is 11.6 Å². The maximum Gasteiger partial charge on any atom is 0.230 e. The molecule has 0 spiro atoms. The normalized spacial score (nSPS) is 10.9. The quantitative estimate of drug-likeness (QED) is 0.707. The number of nitrogens with zero attached hydrogens (tertiary/aromatic N) is 2. The minimum absolute atomic E-state index is 0.282. The molecule has 20 heavy (non-hydrogen) atoms. The summed E-state index contributed by atoms with van der Waals surface area (Å²) in [6, 6.07) is 8.03. The van der Waals surface area contributed by atoms with E-state index in [0.29, 0.717) is 16.8 Å². The Morgan fingerprint density at radius 3 is 2.70 bits per heavy atom. The van der Waals surface area contributed by atoms with Crippen LogP contribution in [0.15, 0.2) is 30.3 Å². The van der Waals surface area contributed by atoms with E-state index in [1.807, 2.05) is 6.07 Å². The number of hydrogen-bond donors (Lipinski definition) is 1. The fourth-order valence-electron chi connectivity index (χ4n) is 1.83. The van der Waals surface area contributed by atoms with Gasteiger partial charge >= 0.3 is 0 Å². The standard InChI is InChI=1S/C14H11ClFN3S/c1-2-10-7-11-12(15)18-14(19-13(11)20-10)17-9-5-3-8(16)4-6-9/h3-7H,2H2,1H3,(H,17,18,19). The molecule has 0 fully saturated rings. The Bertz CT molecular complexity index is 755. The highest BCUT2D eigenvalue weighted by atomic mass is 35.5. The third-order valence-electron chi connectivity index (χ3n) is 2.85. The summed E-state index contributed by atoms with van der Waals surface area (Å²) < 4.78 is 12.9. The predicted molar refractivity (Wildman–Crippen MR) is 81.5 cm³/mol. The molecule has 6 heteroatoms. The van der Waals surface area contributed by atoms with Crippen molar-refractivity contribution in [2.75, 3.05) is 5.32 Å². The van der Waals surface area contributed by atoms with E-state index in [1.165, 1.54) is 17.0 Å². The van der Waals surface area contributed by atoms with Crippen LogP contribution >= 0.6 is 22.9 Å². The lowest BCUT2D eigenvalue weighted by atomic mass is 10.3. The molecule has 0 atom stereocenters. The van der Waals surface area contributed by atoms with Gasteiger partial charge in [-0.3, -0.25) is 0 Å². The number of rotatable bonds is 3. The summed E-state index contributed by atoms with van der Waals surface area (Å²) in [7, 11) is 0. The van der Waals surface area contributed by atoms with Gasteiger partial charge in [-0.2, -0.15) is 0 Å². The van der Waals surface area contributed by atoms with Gasteiger partial charge in [0.05, 0.1) is 0 Å². The molecule has 3 nitrogen and oxygen atoms in total. The minimum atomic E-state index is -0.282. The van der Waals surface area contributed by atoms with Gasteiger partial charge in [-0.1, -0.05) is 18.5 Å². The molecule has 3 aromatic rings. The van der Waals surface area contributed by atoms with Crippen molar-refractivity contribution >= 4 is 44.8 Å². The van der Waals surface area contributed by atoms with Crippen molar-refractivity contribution in [3.63, 3.8) is 0 Å². The fraction of sp³-hybridized carbons (Fsp3) is 0.143. The second-order valence-electron chi connectivity index (χ2n) is 4.26. The number of nitrogens with one attached hydrogen (secondary N) is 1. The zero-order valence-electron chi connectivity index (χ0n) is 10.7. The highest BCUT2D eigenvalue weighted by Gasteiger charge is 2.10. The Morgan fingerprint density at radius 1 is 1.25 bits per heavy atom. The van der Waals surface area contributed by atoms with Crippen molar-refractivity contribution in [3.8, 4) is 0 Å². The van der Waals surface area contributed by atoms with Gasteiger partial charge in [-0.15, -0.1) is 11.3 Å². The van der Waals surface area contributed by atoms with Gasteiger partial charge < -0.3 is 5.32 Å². The van der Waals surface area contributed by atoms with Gasteiger partial charge in [-0.25, -0.2) is 14.4 Å². The lowest BCUT2D eigenvalue weighted by Crippen LogP contribution is -1.97. The molecule has 2 heterocycles. The van der Waals surface area contributed by atoms with Gasteiger partial charge in [-0.05, 0) is 36.8 Å². The highest BCUT2D eigenvalue weighted by Crippen LogP contribution is 2.30. The summed E-state index contributed by atoms with van der Waals surface area (Å²) in [6.45, 7) is 2.09. The topological polar surface area (TPSA) is 37.8 Å². The number of aromatic nitrogens is 2. The second kappa shape index (κ2) is 5.34. The highest BCUT2D eigenvalue weighted by molar-refractivity contribution is 7.18. The van der Waals surface area contributed by atoms with Crippen molar-refractivity contribution in [2.24, 2.45) is 0 Å². The average molecular weight is 308 g/mol. The largest absolute Gasteiger partial charge is 0.324 e. The number of hydrogen-bond acceptors (Lipinski definition) is 4. The zero-order chi connectivity index (χ0) is 14.1. The third kappa shape index (κ3) is 2.59. The average Bonchev–Trinajstić information content (AvgIpc) is 2.85. The molecule has 0 aliphatic rings. The van der Waals surface area contributed by atoms with Gasteiger partial charge in [0.15, 0.2) is 0 Å². The lowest BCUT2D eigenvalue weighted by Gasteiger charge is -2.05. The summed E-state index contributed by atoms with van der Waals surface area (Å²) in [5, 5.41) is 4.32. The van der Waals surface area contributed by atoms with Crippen LogP contribution in [0.1, 0.15) is 11.8 Å². The molecule has 0 amide bonds. The van der Waals surface area contributed by atoms with E-state index < -0.39 is 0 Å². The Labute approximate surface area is 124 Å². The van der Waals surface area contributed by atoms with Crippen LogP contribution in [-0.4, -0.2) is 9.97 Å². The summed E-state index contributed by atoms with van der Waals surface area (Å²) >= 11 is 7.78. The van der Waals surface area contributed by atoms with Crippen molar-refractivity contribution < 1.29 is 4.39 Å². The lowest BCUT2D eigenvalue weighted by molar-refractivity contribution is 0.628. The van der Waals surface area contributed by atoms with Crippen LogP contribution in [0.5, 0.6) is 0 Å². The molecule has 0 saturated carbocycles. The molecule has 0 bridgehead atoms. The maximum absolute atomic E-state index is 12.9. The van der Waals surface area contributed by atoms with Crippen molar-refractivity contribution in [3.05, 3.63) is 46.2 Å². The van der Waals surface area contributed by atoms with Crippen LogP contribution in [0.3, 0.4) is 0 Å². The first-order valence-corrected chi connectivity index (χ1v) is 7.33. The number of halogens is 2. The molecule has 0 unspecified atom stereocenters. The predicted octanol–water partition coefficient (Wildman–Crippen LogP) is 4.79. The SMILES string of the molecule is CCc1cc2c(Cl)nc(Nc3ccc(F)cc3)nc2s1. The molecule has 1 N–H and O–H groups in total. The van der Waals surface area contributed by atoms with Crippen LogP contribution in [0.25, 0.3) is 10.2 Å². The van der Waals surface area contributed by atoms with E-state index in [0.717, 1.165) is 16.6 Å². The third-order valence-corrected chi connectivity index (χ3v) is 4.31. The number of aryl methyl sites for hydroxylation is 1. The van der Waals surface area contributed by atoms with Gasteiger partial charge in [0, 0.05) is 16.0 Å². The molecular weight excluding hydrogens is 297 g/mol. The van der Waals surface area contributed by atoms with E-state index in [-0.39, 0.29) is 5.82 Å². The molecular formula is C14H11ClFN3S. The first-order chi connectivity index (χ1) is 9.65. The van der Waals surface area contributed by atoms with Crippen LogP contribution in [0, 0.1) is 5.82 Å². The van der Waals surface area contributed by atoms with Gasteiger partial charge in [0.25, 0.3) is 0 Å². The summed E-state index contributed by atoms with van der Waals surface area (Å²) in [6.07, 6.45) is 0.943. The molecule has 3 rings (SSSR count). The Morgan fingerprint density at radius 2 is 2.00 bits per heavy atom. The van der Waals surface area contributed by atoms with E-state index in [1.54, 1.807) is 23.5 Å². The van der Waals surface area contributed by atoms with Crippen molar-refractivity contribution in [1.82, 2.24) is 9.97 Å². The monoisotopic (exact) mass is 307 g/mol. The minimum Gasteiger partial charge on any atom is -0.324 e. The van der Waals surface area contributed by atoms with Crippen LogP contribution in [0.2, 0.25) is 5.15 Å². The fourth-order valence-corrected chi connectivity index (χ4v) is 3.08. The second-order valence-corrected chi connectivity index (χ2v) is 5.73. The number of benzene rings is 1. The van der Waals surface area contributed by atoms with Crippen LogP contribution in [0.4, 0.5) is 16.0 Å². The molecule has 1 aromatic carbocycles. The maximum atomic E-state index is 12.9. The van der Waals surface area contributed by atoms with Crippen LogP contribution in [-0.2, 0) is 6.42 Å². The molecule has 0 aliphatic carbocycles. The van der Waals surface area contributed by atoms with Crippen LogP contribution < -0.4 is 5.32 Å². The van der Waals surface area contributed by atoms with Gasteiger partial charge in [0.1, 0.15) is 15.8 Å². The van der Waals surface area contributed by atoms with Gasteiger partial charge in [0.2, 0.25) is 5.95 Å². The molecule has 0 saturated heterocycles. The van der Waals surface area contributed by atoms with Crippen molar-refractivity contribution in [2.45, 2.75) is 13.3 Å². The first-order valence-electron chi connectivity index (χ1n) is 6.14. The van der Waals surface area contributed by atoms with E-state index in [2.05, 4.69) is 22.2 Å². The molecule has 102 valence electrons. The summed E-state index contributed by atoms with van der Waals surface area (Å²) in [5.41, 5.74) is 0.717. The van der Waals surface area contributed by atoms with Crippen molar-refractivity contribution in [1.29, 1.82) is 0 Å². The Kier molecular flexibility index (Phi) is 3.54. The number of anilines is 2. The summed E-state index contributed by atoms with van der Waals surface area (Å²) in [5.74, 6) is 0.134. The molecule has 0 radical (unpaired) electrons. The molecule has 2 aromatic heterocycles. The number of fused-ring (bicyclic) bond motifs is 1. The zero-order valence-corrected chi connectivity index (χ0v) is 12.2. The number of thiophene rings is 1. The van der Waals surface area contributed by atoms with E-state index >= 15 is 0 Å². The Hall–Kier alpha value is -1.72. The Balaban J connectivity index is 1.97.